The number of hydrogen-bond donors (Lipinski definition) is 0. The van der Waals surface area contributed by atoms with Crippen LogP contribution in [0.4, 0.5) is 0 Å². The van der Waals surface area contributed by atoms with Crippen LogP contribution in [-0.2, 0) is 6.54 Å². The fourth-order valence-corrected chi connectivity index (χ4v) is 5.23. The molecule has 0 radical (unpaired) electrons. The van der Waals surface area contributed by atoms with E-state index < -0.39 is 5.60 Å². The summed E-state index contributed by atoms with van der Waals surface area (Å²) in [6.07, 6.45) is 2.38. The van der Waals surface area contributed by atoms with Crippen molar-refractivity contribution >= 4 is 11.7 Å². The highest BCUT2D eigenvalue weighted by molar-refractivity contribution is 6.02. The molecular weight excluding hydrogens is 462 g/mol. The standard InChI is InChI=1S/C31H31N3O3/c1-33-17-13-31(14-18-33)21-28(35)27-20-25(11-12-29(27)37-31)24-9-5-10-26(19-24)30(36)34(16-6-15-32)22-23-7-3-2-4-8-23/h2-5,7-12,19-20H,6,13-14,16-18,21-22H2,1H3. The summed E-state index contributed by atoms with van der Waals surface area (Å²) < 4.78 is 6.42. The lowest BCUT2D eigenvalue weighted by Crippen LogP contribution is -2.50. The third kappa shape index (κ3) is 5.42. The maximum atomic E-state index is 13.5. The van der Waals surface area contributed by atoms with E-state index in [4.69, 9.17) is 10.00 Å². The first kappa shape index (κ1) is 24.7. The van der Waals surface area contributed by atoms with Gasteiger partial charge in [-0.15, -0.1) is 0 Å². The van der Waals surface area contributed by atoms with Crippen LogP contribution in [0.1, 0.15) is 52.0 Å². The van der Waals surface area contributed by atoms with Gasteiger partial charge in [-0.05, 0) is 48.0 Å². The fraction of sp³-hybridized carbons (Fsp3) is 0.323. The first-order valence-electron chi connectivity index (χ1n) is 12.8. The Morgan fingerprint density at radius 3 is 2.54 bits per heavy atom. The number of likely N-dealkylation sites (tertiary alicyclic amines) is 1. The predicted molar refractivity (Wildman–Crippen MR) is 142 cm³/mol. The first-order valence-corrected chi connectivity index (χ1v) is 12.8. The van der Waals surface area contributed by atoms with Crippen LogP contribution < -0.4 is 4.74 Å². The van der Waals surface area contributed by atoms with Crippen molar-refractivity contribution in [3.05, 3.63) is 89.5 Å². The number of nitrogens with zero attached hydrogens (tertiary/aromatic N) is 3. The highest BCUT2D eigenvalue weighted by atomic mass is 16.5. The molecule has 3 aromatic carbocycles. The second kappa shape index (κ2) is 10.6. The molecule has 6 heteroatoms. The smallest absolute Gasteiger partial charge is 0.254 e. The largest absolute Gasteiger partial charge is 0.486 e. The van der Waals surface area contributed by atoms with Crippen molar-refractivity contribution in [1.82, 2.24) is 9.80 Å². The molecule has 0 unspecified atom stereocenters. The van der Waals surface area contributed by atoms with Crippen molar-refractivity contribution in [2.75, 3.05) is 26.7 Å². The number of carbonyl (C=O) groups is 2. The monoisotopic (exact) mass is 493 g/mol. The topological polar surface area (TPSA) is 73.6 Å². The number of carbonyl (C=O) groups excluding carboxylic acids is 2. The summed E-state index contributed by atoms with van der Waals surface area (Å²) in [6.45, 7) is 2.65. The summed E-state index contributed by atoms with van der Waals surface area (Å²) in [6, 6.07) is 25.1. The molecule has 1 amide bonds. The van der Waals surface area contributed by atoms with E-state index in [2.05, 4.69) is 18.0 Å². The second-order valence-electron chi connectivity index (χ2n) is 10.1. The molecular formula is C31H31N3O3. The molecule has 0 N–H and O–H groups in total. The highest BCUT2D eigenvalue weighted by Gasteiger charge is 2.42. The Morgan fingerprint density at radius 1 is 1.03 bits per heavy atom. The van der Waals surface area contributed by atoms with Gasteiger partial charge in [0.15, 0.2) is 5.78 Å². The molecule has 0 bridgehead atoms. The Balaban J connectivity index is 1.38. The third-order valence-corrected chi connectivity index (χ3v) is 7.43. The highest BCUT2D eigenvalue weighted by Crippen LogP contribution is 2.40. The summed E-state index contributed by atoms with van der Waals surface area (Å²) in [5.41, 5.74) is 3.52. The zero-order chi connectivity index (χ0) is 25.8. The van der Waals surface area contributed by atoms with Crippen molar-refractivity contribution in [2.24, 2.45) is 0 Å². The molecule has 2 aliphatic rings. The van der Waals surface area contributed by atoms with E-state index in [1.165, 1.54) is 0 Å². The van der Waals surface area contributed by atoms with E-state index in [0.717, 1.165) is 42.6 Å². The van der Waals surface area contributed by atoms with Crippen LogP contribution in [0, 0.1) is 11.3 Å². The van der Waals surface area contributed by atoms with E-state index in [0.29, 0.717) is 36.4 Å². The van der Waals surface area contributed by atoms with Crippen LogP contribution in [0.3, 0.4) is 0 Å². The Labute approximate surface area is 218 Å². The fourth-order valence-electron chi connectivity index (χ4n) is 5.23. The zero-order valence-corrected chi connectivity index (χ0v) is 21.2. The lowest BCUT2D eigenvalue weighted by atomic mass is 9.82. The summed E-state index contributed by atoms with van der Waals surface area (Å²) in [7, 11) is 2.10. The van der Waals surface area contributed by atoms with Gasteiger partial charge in [-0.1, -0.05) is 48.5 Å². The minimum absolute atomic E-state index is 0.116. The number of Topliss-reactive ketones (excluding diaryl/α,β-unsaturated/α-hetero) is 1. The first-order chi connectivity index (χ1) is 18.0. The number of hydrogen-bond acceptors (Lipinski definition) is 5. The van der Waals surface area contributed by atoms with Gasteiger partial charge in [0.25, 0.3) is 5.91 Å². The van der Waals surface area contributed by atoms with Gasteiger partial charge in [0.2, 0.25) is 0 Å². The summed E-state index contributed by atoms with van der Waals surface area (Å²) in [5.74, 6) is 0.648. The Kier molecular flexibility index (Phi) is 7.07. The molecule has 0 aromatic heterocycles. The molecule has 1 saturated heterocycles. The molecule has 188 valence electrons. The van der Waals surface area contributed by atoms with Gasteiger partial charge in [0.05, 0.1) is 24.5 Å². The quantitative estimate of drug-likeness (QED) is 0.464. The van der Waals surface area contributed by atoms with E-state index in [1.54, 1.807) is 11.0 Å². The average molecular weight is 494 g/mol. The minimum Gasteiger partial charge on any atom is -0.486 e. The third-order valence-electron chi connectivity index (χ3n) is 7.43. The molecule has 6 nitrogen and oxygen atoms in total. The number of benzene rings is 3. The average Bonchev–Trinajstić information content (AvgIpc) is 2.93. The molecule has 0 atom stereocenters. The minimum atomic E-state index is -0.393. The van der Waals surface area contributed by atoms with Crippen molar-refractivity contribution in [1.29, 1.82) is 5.26 Å². The lowest BCUT2D eigenvalue weighted by molar-refractivity contribution is -0.00366. The van der Waals surface area contributed by atoms with E-state index in [1.807, 2.05) is 66.7 Å². The summed E-state index contributed by atoms with van der Waals surface area (Å²) >= 11 is 0. The molecule has 5 rings (SSSR count). The maximum absolute atomic E-state index is 13.5. The van der Waals surface area contributed by atoms with Gasteiger partial charge in [-0.3, -0.25) is 9.59 Å². The van der Waals surface area contributed by atoms with Gasteiger partial charge in [-0.2, -0.15) is 5.26 Å². The van der Waals surface area contributed by atoms with E-state index in [9.17, 15) is 9.59 Å². The van der Waals surface area contributed by atoms with Crippen LogP contribution in [0.2, 0.25) is 0 Å². The number of fused-ring (bicyclic) bond motifs is 1. The van der Waals surface area contributed by atoms with Crippen molar-refractivity contribution in [2.45, 2.75) is 37.8 Å². The number of nitriles is 1. The SMILES string of the molecule is CN1CCC2(CC1)CC(=O)c1cc(-c3cccc(C(=O)N(CCC#N)Cc4ccccc4)c3)ccc1O2. The van der Waals surface area contributed by atoms with E-state index >= 15 is 0 Å². The molecule has 2 aliphatic heterocycles. The molecule has 1 spiro atoms. The number of piperidine rings is 1. The molecule has 37 heavy (non-hydrogen) atoms. The number of amides is 1. The lowest BCUT2D eigenvalue weighted by Gasteiger charge is -2.43. The van der Waals surface area contributed by atoms with Crippen LogP contribution in [0.15, 0.2) is 72.8 Å². The molecule has 3 aromatic rings. The van der Waals surface area contributed by atoms with Gasteiger partial charge in [-0.25, -0.2) is 0 Å². The van der Waals surface area contributed by atoms with Gasteiger partial charge in [0, 0.05) is 44.6 Å². The number of rotatable bonds is 6. The Hall–Kier alpha value is -3.95. The molecule has 1 fully saturated rings. The molecule has 0 saturated carbocycles. The van der Waals surface area contributed by atoms with Crippen LogP contribution in [0.5, 0.6) is 5.75 Å². The van der Waals surface area contributed by atoms with E-state index in [-0.39, 0.29) is 18.1 Å². The Morgan fingerprint density at radius 2 is 1.78 bits per heavy atom. The van der Waals surface area contributed by atoms with Crippen LogP contribution in [-0.4, -0.2) is 53.8 Å². The van der Waals surface area contributed by atoms with Gasteiger partial charge < -0.3 is 14.5 Å². The summed E-state index contributed by atoms with van der Waals surface area (Å²) in [4.78, 5) is 30.6. The Bertz CT molecular complexity index is 1340. The van der Waals surface area contributed by atoms with Crippen LogP contribution in [0.25, 0.3) is 11.1 Å². The second-order valence-corrected chi connectivity index (χ2v) is 10.1. The number of ether oxygens (including phenoxy) is 1. The van der Waals surface area contributed by atoms with Gasteiger partial charge >= 0.3 is 0 Å². The molecule has 0 aliphatic carbocycles. The maximum Gasteiger partial charge on any atom is 0.254 e. The molecule has 2 heterocycles. The van der Waals surface area contributed by atoms with Gasteiger partial charge in [0.1, 0.15) is 11.4 Å². The van der Waals surface area contributed by atoms with Crippen molar-refractivity contribution in [3.63, 3.8) is 0 Å². The normalized spacial score (nSPS) is 16.5. The van der Waals surface area contributed by atoms with Crippen LogP contribution >= 0.6 is 0 Å². The van der Waals surface area contributed by atoms with Crippen molar-refractivity contribution < 1.29 is 14.3 Å². The van der Waals surface area contributed by atoms with Crippen molar-refractivity contribution in [3.8, 4) is 22.9 Å². The number of ketones is 1. The predicted octanol–water partition coefficient (Wildman–Crippen LogP) is 5.34. The zero-order valence-electron chi connectivity index (χ0n) is 21.2. The summed E-state index contributed by atoms with van der Waals surface area (Å²) in [5, 5.41) is 9.11.